The molecule has 0 bridgehead atoms. The second-order valence-corrected chi connectivity index (χ2v) is 4.91. The SMILES string of the molecule is [2H]C([2H])([2H])c1cc(-c2ccccc2C)[n+](C)cc1C([2H])(C)C. The van der Waals surface area contributed by atoms with Crippen LogP contribution in [0.4, 0.5) is 0 Å². The minimum atomic E-state index is -2.24. The summed E-state index contributed by atoms with van der Waals surface area (Å²) in [6.45, 7) is 3.20. The van der Waals surface area contributed by atoms with E-state index in [1.807, 2.05) is 42.8 Å². The minimum Gasteiger partial charge on any atom is -0.201 e. The summed E-state index contributed by atoms with van der Waals surface area (Å²) >= 11 is 0. The summed E-state index contributed by atoms with van der Waals surface area (Å²) in [6, 6.07) is 9.61. The Bertz CT molecular complexity index is 697. The van der Waals surface area contributed by atoms with Gasteiger partial charge in [0.25, 0.3) is 0 Å². The molecule has 1 aromatic carbocycles. The van der Waals surface area contributed by atoms with Crippen molar-refractivity contribution in [2.24, 2.45) is 7.05 Å². The second kappa shape index (κ2) is 4.93. The van der Waals surface area contributed by atoms with E-state index in [1.165, 1.54) is 0 Å². The number of benzene rings is 1. The zero-order valence-electron chi connectivity index (χ0n) is 15.4. The zero-order valence-corrected chi connectivity index (χ0v) is 11.4. The number of nitrogens with zero attached hydrogens (tertiary/aromatic N) is 1. The first kappa shape index (κ1) is 8.47. The molecule has 94 valence electrons. The van der Waals surface area contributed by atoms with Gasteiger partial charge in [-0.15, -0.1) is 0 Å². The second-order valence-electron chi connectivity index (χ2n) is 4.91. The van der Waals surface area contributed by atoms with E-state index in [4.69, 9.17) is 5.48 Å². The monoisotopic (exact) mass is 244 g/mol. The highest BCUT2D eigenvalue weighted by atomic mass is 14.9. The van der Waals surface area contributed by atoms with Crippen LogP contribution >= 0.6 is 0 Å². The van der Waals surface area contributed by atoms with Crippen LogP contribution in [0, 0.1) is 13.8 Å². The lowest BCUT2D eigenvalue weighted by molar-refractivity contribution is -0.660. The molecule has 0 atom stereocenters. The molecule has 0 N–H and O–H groups in total. The third-order valence-electron chi connectivity index (χ3n) is 3.23. The third kappa shape index (κ3) is 2.31. The Morgan fingerprint density at radius 2 is 1.94 bits per heavy atom. The van der Waals surface area contributed by atoms with Crippen LogP contribution in [0.3, 0.4) is 0 Å². The van der Waals surface area contributed by atoms with Gasteiger partial charge in [-0.05, 0) is 36.9 Å². The molecule has 0 aliphatic heterocycles. The number of aryl methyl sites for hydroxylation is 3. The average molecular weight is 244 g/mol. The first-order valence-corrected chi connectivity index (χ1v) is 6.12. The van der Waals surface area contributed by atoms with Crippen LogP contribution in [-0.2, 0) is 7.05 Å². The summed E-state index contributed by atoms with van der Waals surface area (Å²) in [5.41, 5.74) is 3.73. The van der Waals surface area contributed by atoms with Gasteiger partial charge in [-0.3, -0.25) is 0 Å². The molecular formula is C17H22N+. The van der Waals surface area contributed by atoms with Gasteiger partial charge in [-0.25, -0.2) is 4.57 Å². The van der Waals surface area contributed by atoms with E-state index in [0.29, 0.717) is 5.56 Å². The normalized spacial score (nSPS) is 15.6. The van der Waals surface area contributed by atoms with Gasteiger partial charge in [0.2, 0.25) is 5.69 Å². The van der Waals surface area contributed by atoms with Gasteiger partial charge < -0.3 is 0 Å². The van der Waals surface area contributed by atoms with Crippen LogP contribution in [0.5, 0.6) is 0 Å². The Labute approximate surface area is 116 Å². The van der Waals surface area contributed by atoms with E-state index in [-0.39, 0.29) is 5.56 Å². The number of hydrogen-bond donors (Lipinski definition) is 0. The van der Waals surface area contributed by atoms with Crippen molar-refractivity contribution in [3.63, 3.8) is 0 Å². The lowest BCUT2D eigenvalue weighted by Gasteiger charge is -2.11. The Morgan fingerprint density at radius 1 is 1.22 bits per heavy atom. The van der Waals surface area contributed by atoms with Crippen molar-refractivity contribution in [1.82, 2.24) is 0 Å². The fraction of sp³-hybridized carbons (Fsp3) is 0.353. The molecule has 18 heavy (non-hydrogen) atoms. The van der Waals surface area contributed by atoms with Crippen LogP contribution in [-0.4, -0.2) is 0 Å². The molecule has 0 spiro atoms. The van der Waals surface area contributed by atoms with Crippen LogP contribution in [0.15, 0.2) is 36.5 Å². The number of pyridine rings is 1. The highest BCUT2D eigenvalue weighted by molar-refractivity contribution is 5.61. The van der Waals surface area contributed by atoms with E-state index in [1.54, 1.807) is 26.1 Å². The smallest absolute Gasteiger partial charge is 0.201 e. The fourth-order valence-corrected chi connectivity index (χ4v) is 2.18. The quantitative estimate of drug-likeness (QED) is 0.705. The molecular weight excluding hydrogens is 218 g/mol. The molecule has 0 fully saturated rings. The lowest BCUT2D eigenvalue weighted by atomic mass is 9.97. The van der Waals surface area contributed by atoms with Crippen molar-refractivity contribution in [1.29, 1.82) is 0 Å². The molecule has 0 aliphatic rings. The van der Waals surface area contributed by atoms with Crippen LogP contribution in [0.1, 0.15) is 41.9 Å². The van der Waals surface area contributed by atoms with Crippen molar-refractivity contribution in [2.75, 3.05) is 0 Å². The highest BCUT2D eigenvalue weighted by Gasteiger charge is 2.16. The summed E-state index contributed by atoms with van der Waals surface area (Å²) in [5, 5.41) is 0. The van der Waals surface area contributed by atoms with E-state index >= 15 is 0 Å². The van der Waals surface area contributed by atoms with E-state index in [0.717, 1.165) is 16.8 Å². The van der Waals surface area contributed by atoms with Gasteiger partial charge >= 0.3 is 0 Å². The molecule has 1 nitrogen and oxygen atoms in total. The minimum absolute atomic E-state index is 0.254. The predicted octanol–water partition coefficient (Wildman–Crippen LogP) is 3.92. The molecule has 0 unspecified atom stereocenters. The van der Waals surface area contributed by atoms with E-state index in [2.05, 4.69) is 0 Å². The first-order valence-electron chi connectivity index (χ1n) is 8.12. The molecule has 1 heterocycles. The maximum atomic E-state index is 8.24. The number of aromatic nitrogens is 1. The first-order chi connectivity index (χ1) is 10.0. The molecule has 0 aliphatic carbocycles. The van der Waals surface area contributed by atoms with Crippen molar-refractivity contribution in [3.8, 4) is 11.3 Å². The lowest BCUT2D eigenvalue weighted by Crippen LogP contribution is -2.32. The summed E-state index contributed by atoms with van der Waals surface area (Å²) in [6.07, 6.45) is 1.77. The molecule has 0 amide bonds. The van der Waals surface area contributed by atoms with E-state index in [9.17, 15) is 0 Å². The van der Waals surface area contributed by atoms with Crippen molar-refractivity contribution < 1.29 is 10.1 Å². The third-order valence-corrected chi connectivity index (χ3v) is 3.23. The van der Waals surface area contributed by atoms with Crippen LogP contribution in [0.2, 0.25) is 0 Å². The Morgan fingerprint density at radius 3 is 2.56 bits per heavy atom. The molecule has 2 aromatic rings. The van der Waals surface area contributed by atoms with Gasteiger partial charge in [-0.2, -0.15) is 0 Å². The van der Waals surface area contributed by atoms with Crippen molar-refractivity contribution in [2.45, 2.75) is 33.5 Å². The Hall–Kier alpha value is -1.63. The summed E-state index contributed by atoms with van der Waals surface area (Å²) in [7, 11) is 1.89. The average Bonchev–Trinajstić information content (AvgIpc) is 2.37. The molecule has 1 aromatic heterocycles. The van der Waals surface area contributed by atoms with Gasteiger partial charge in [0.05, 0.1) is 0 Å². The topological polar surface area (TPSA) is 3.88 Å². The Balaban J connectivity index is 2.77. The van der Waals surface area contributed by atoms with Crippen LogP contribution in [0.25, 0.3) is 11.3 Å². The Kier molecular flexibility index (Phi) is 2.32. The zero-order chi connectivity index (χ0) is 16.7. The molecule has 2 rings (SSSR count). The van der Waals surface area contributed by atoms with Gasteiger partial charge in [0, 0.05) is 22.7 Å². The highest BCUT2D eigenvalue weighted by Crippen LogP contribution is 2.24. The maximum Gasteiger partial charge on any atom is 0.212 e. The van der Waals surface area contributed by atoms with E-state index < -0.39 is 12.7 Å². The maximum absolute atomic E-state index is 8.24. The molecule has 0 saturated heterocycles. The molecule has 1 heteroatoms. The molecule has 0 saturated carbocycles. The largest absolute Gasteiger partial charge is 0.212 e. The summed E-state index contributed by atoms with van der Waals surface area (Å²) in [5.74, 6) is -0.967. The van der Waals surface area contributed by atoms with Crippen molar-refractivity contribution in [3.05, 3.63) is 53.2 Å². The number of hydrogen-bond acceptors (Lipinski definition) is 0. The fourth-order valence-electron chi connectivity index (χ4n) is 2.18. The predicted molar refractivity (Wildman–Crippen MR) is 76.6 cm³/mol. The van der Waals surface area contributed by atoms with Gasteiger partial charge in [0.1, 0.15) is 7.05 Å². The van der Waals surface area contributed by atoms with Gasteiger partial charge in [-0.1, -0.05) is 32.0 Å². The number of rotatable bonds is 2. The van der Waals surface area contributed by atoms with Gasteiger partial charge in [0.15, 0.2) is 6.20 Å². The summed E-state index contributed by atoms with van der Waals surface area (Å²) in [4.78, 5) is 0. The van der Waals surface area contributed by atoms with Crippen molar-refractivity contribution >= 4 is 0 Å². The van der Waals surface area contributed by atoms with Crippen LogP contribution < -0.4 is 4.57 Å². The standard InChI is InChI=1S/C17H22N/c1-12(2)16-11-18(5)17(10-14(16)4)15-9-7-6-8-13(15)3/h6-12H,1-5H3/q+1/i4D3,12D. The molecule has 0 radical (unpaired) electrons. The summed E-state index contributed by atoms with van der Waals surface area (Å²) < 4.78 is 33.6.